The van der Waals surface area contributed by atoms with Crippen LogP contribution in [0.5, 0.6) is 0 Å². The van der Waals surface area contributed by atoms with Crippen LogP contribution < -0.4 is 5.32 Å². The highest BCUT2D eigenvalue weighted by atomic mass is 19.1. The maximum atomic E-state index is 13.6. The first-order chi connectivity index (χ1) is 13.1. The van der Waals surface area contributed by atoms with Crippen molar-refractivity contribution in [2.45, 2.75) is 6.42 Å². The molecule has 0 bridgehead atoms. The van der Waals surface area contributed by atoms with Crippen LogP contribution in [-0.4, -0.2) is 20.3 Å². The Morgan fingerprint density at radius 1 is 1.11 bits per heavy atom. The van der Waals surface area contributed by atoms with Crippen molar-refractivity contribution >= 4 is 17.4 Å². The van der Waals surface area contributed by atoms with Crippen molar-refractivity contribution in [2.75, 3.05) is 5.32 Å². The highest BCUT2D eigenvalue weighted by molar-refractivity contribution is 5.92. The summed E-state index contributed by atoms with van der Waals surface area (Å²) in [6.07, 6.45) is 5.23. The van der Waals surface area contributed by atoms with E-state index in [2.05, 4.69) is 15.3 Å². The summed E-state index contributed by atoms with van der Waals surface area (Å²) >= 11 is 0. The van der Waals surface area contributed by atoms with Crippen LogP contribution in [0.4, 0.5) is 14.5 Å². The van der Waals surface area contributed by atoms with E-state index in [9.17, 15) is 13.6 Å². The lowest BCUT2D eigenvalue weighted by atomic mass is 10.1. The van der Waals surface area contributed by atoms with E-state index in [1.165, 1.54) is 6.07 Å². The molecule has 0 unspecified atom stereocenters. The van der Waals surface area contributed by atoms with Gasteiger partial charge in [0.15, 0.2) is 0 Å². The van der Waals surface area contributed by atoms with E-state index in [0.29, 0.717) is 11.5 Å². The fraction of sp³-hybridized carbons (Fsp3) is 0.0500. The van der Waals surface area contributed by atoms with Crippen LogP contribution in [-0.2, 0) is 11.2 Å². The Morgan fingerprint density at radius 3 is 2.67 bits per heavy atom. The number of anilines is 1. The van der Waals surface area contributed by atoms with Gasteiger partial charge in [-0.3, -0.25) is 9.20 Å². The number of amides is 1. The molecule has 4 rings (SSSR count). The number of nitrogens with zero attached hydrogens (tertiary/aromatic N) is 3. The second-order valence-corrected chi connectivity index (χ2v) is 5.99. The number of halogens is 2. The van der Waals surface area contributed by atoms with Crippen molar-refractivity contribution in [2.24, 2.45) is 0 Å². The molecule has 5 nitrogen and oxygen atoms in total. The first kappa shape index (κ1) is 16.8. The summed E-state index contributed by atoms with van der Waals surface area (Å²) in [6.45, 7) is 0. The van der Waals surface area contributed by atoms with Crippen molar-refractivity contribution < 1.29 is 13.6 Å². The number of rotatable bonds is 4. The van der Waals surface area contributed by atoms with Gasteiger partial charge in [-0.25, -0.2) is 18.7 Å². The van der Waals surface area contributed by atoms with Crippen LogP contribution in [0.2, 0.25) is 0 Å². The molecule has 2 aromatic carbocycles. The number of aromatic nitrogens is 3. The van der Waals surface area contributed by atoms with Crippen LogP contribution in [0.1, 0.15) is 5.56 Å². The third-order valence-electron chi connectivity index (χ3n) is 4.07. The summed E-state index contributed by atoms with van der Waals surface area (Å²) in [6, 6.07) is 12.1. The van der Waals surface area contributed by atoms with Gasteiger partial charge in [-0.15, -0.1) is 0 Å². The highest BCUT2D eigenvalue weighted by Gasteiger charge is 2.10. The van der Waals surface area contributed by atoms with Crippen LogP contribution in [0.15, 0.2) is 67.1 Å². The summed E-state index contributed by atoms with van der Waals surface area (Å²) in [5.41, 5.74) is 2.36. The van der Waals surface area contributed by atoms with Crippen LogP contribution in [0, 0.1) is 11.6 Å². The average Bonchev–Trinajstić information content (AvgIpc) is 3.09. The van der Waals surface area contributed by atoms with Crippen molar-refractivity contribution in [1.82, 2.24) is 14.4 Å². The summed E-state index contributed by atoms with van der Waals surface area (Å²) < 4.78 is 28.4. The van der Waals surface area contributed by atoms with E-state index in [-0.39, 0.29) is 17.9 Å². The van der Waals surface area contributed by atoms with Crippen molar-refractivity contribution in [3.05, 3.63) is 84.3 Å². The second kappa shape index (κ2) is 6.95. The van der Waals surface area contributed by atoms with Gasteiger partial charge in [0, 0.05) is 35.9 Å². The number of carbonyl (C=O) groups is 1. The Morgan fingerprint density at radius 2 is 1.93 bits per heavy atom. The zero-order valence-corrected chi connectivity index (χ0v) is 14.1. The van der Waals surface area contributed by atoms with E-state index in [0.717, 1.165) is 23.4 Å². The van der Waals surface area contributed by atoms with E-state index < -0.39 is 11.6 Å². The van der Waals surface area contributed by atoms with Gasteiger partial charge in [0.2, 0.25) is 11.7 Å². The lowest BCUT2D eigenvalue weighted by Gasteiger charge is -2.07. The molecule has 0 saturated carbocycles. The van der Waals surface area contributed by atoms with E-state index >= 15 is 0 Å². The van der Waals surface area contributed by atoms with Crippen molar-refractivity contribution in [3.8, 4) is 11.3 Å². The molecule has 2 heterocycles. The minimum absolute atomic E-state index is 0.141. The predicted molar refractivity (Wildman–Crippen MR) is 97.1 cm³/mol. The van der Waals surface area contributed by atoms with E-state index in [4.69, 9.17) is 0 Å². The monoisotopic (exact) mass is 364 g/mol. The SMILES string of the molecule is O=C(Cc1ccc(F)cc1F)Nc1ccc(-c2cn3cccnc3n2)cc1. The molecular weight excluding hydrogens is 350 g/mol. The van der Waals surface area contributed by atoms with Crippen LogP contribution in [0.3, 0.4) is 0 Å². The number of carbonyl (C=O) groups excluding carboxylic acids is 1. The van der Waals surface area contributed by atoms with E-state index in [1.807, 2.05) is 35.0 Å². The van der Waals surface area contributed by atoms with Gasteiger partial charge >= 0.3 is 0 Å². The number of imidazole rings is 1. The number of benzene rings is 2. The van der Waals surface area contributed by atoms with Gasteiger partial charge in [-0.1, -0.05) is 18.2 Å². The number of hydrogen-bond acceptors (Lipinski definition) is 3. The molecule has 4 aromatic rings. The predicted octanol–water partition coefficient (Wildman–Crippen LogP) is 3.86. The molecular formula is C20H14F2N4O. The Kier molecular flexibility index (Phi) is 4.33. The van der Waals surface area contributed by atoms with Gasteiger partial charge in [0.05, 0.1) is 12.1 Å². The minimum Gasteiger partial charge on any atom is -0.326 e. The quantitative estimate of drug-likeness (QED) is 0.598. The lowest BCUT2D eigenvalue weighted by molar-refractivity contribution is -0.115. The molecule has 1 N–H and O–H groups in total. The molecule has 2 aromatic heterocycles. The summed E-state index contributed by atoms with van der Waals surface area (Å²) in [4.78, 5) is 20.7. The Bertz CT molecular complexity index is 1090. The molecule has 0 fully saturated rings. The molecule has 0 aliphatic rings. The van der Waals surface area contributed by atoms with Crippen LogP contribution in [0.25, 0.3) is 17.0 Å². The van der Waals surface area contributed by atoms with Gasteiger partial charge in [0.1, 0.15) is 11.6 Å². The fourth-order valence-electron chi connectivity index (χ4n) is 2.74. The molecule has 0 atom stereocenters. The highest BCUT2D eigenvalue weighted by Crippen LogP contribution is 2.21. The van der Waals surface area contributed by atoms with Gasteiger partial charge in [-0.2, -0.15) is 0 Å². The maximum absolute atomic E-state index is 13.6. The average molecular weight is 364 g/mol. The third kappa shape index (κ3) is 3.67. The summed E-state index contributed by atoms with van der Waals surface area (Å²) in [7, 11) is 0. The minimum atomic E-state index is -0.735. The van der Waals surface area contributed by atoms with Gasteiger partial charge in [0.25, 0.3) is 0 Å². The molecule has 0 spiro atoms. The first-order valence-corrected chi connectivity index (χ1v) is 8.22. The molecule has 0 radical (unpaired) electrons. The Balaban J connectivity index is 1.46. The molecule has 134 valence electrons. The van der Waals surface area contributed by atoms with Crippen molar-refractivity contribution in [1.29, 1.82) is 0 Å². The maximum Gasteiger partial charge on any atom is 0.234 e. The molecule has 1 amide bonds. The zero-order chi connectivity index (χ0) is 18.8. The first-order valence-electron chi connectivity index (χ1n) is 8.22. The largest absolute Gasteiger partial charge is 0.326 e. The van der Waals surface area contributed by atoms with Crippen molar-refractivity contribution in [3.63, 3.8) is 0 Å². The summed E-state index contributed by atoms with van der Waals surface area (Å²) in [5.74, 6) is -1.19. The second-order valence-electron chi connectivity index (χ2n) is 5.99. The van der Waals surface area contributed by atoms with Crippen LogP contribution >= 0.6 is 0 Å². The zero-order valence-electron chi connectivity index (χ0n) is 14.1. The molecule has 7 heteroatoms. The van der Waals surface area contributed by atoms with Gasteiger partial charge in [-0.05, 0) is 29.8 Å². The lowest BCUT2D eigenvalue weighted by Crippen LogP contribution is -2.15. The third-order valence-corrected chi connectivity index (χ3v) is 4.07. The molecule has 0 aliphatic heterocycles. The molecule has 0 saturated heterocycles. The number of fused-ring (bicyclic) bond motifs is 1. The molecule has 27 heavy (non-hydrogen) atoms. The number of hydrogen-bond donors (Lipinski definition) is 1. The van der Waals surface area contributed by atoms with Gasteiger partial charge < -0.3 is 5.32 Å². The topological polar surface area (TPSA) is 59.3 Å². The van der Waals surface area contributed by atoms with E-state index in [1.54, 1.807) is 18.3 Å². The number of nitrogens with one attached hydrogen (secondary N) is 1. The fourth-order valence-corrected chi connectivity index (χ4v) is 2.74. The normalized spacial score (nSPS) is 10.9. The Labute approximate surface area is 153 Å². The summed E-state index contributed by atoms with van der Waals surface area (Å²) in [5, 5.41) is 2.70. The smallest absolute Gasteiger partial charge is 0.234 e. The Hall–Kier alpha value is -3.61. The standard InChI is InChI=1S/C20H14F2N4O/c21-15-5-2-14(17(22)11-15)10-19(27)24-16-6-3-13(4-7-16)18-12-26-9-1-8-23-20(26)25-18/h1-9,11-12H,10H2,(H,24,27). The molecule has 0 aliphatic carbocycles.